The molecule has 1 heterocycles. The first kappa shape index (κ1) is 13.3. The van der Waals surface area contributed by atoms with Crippen molar-refractivity contribution in [3.8, 4) is 0 Å². The van der Waals surface area contributed by atoms with Crippen LogP contribution in [0.2, 0.25) is 0 Å². The summed E-state index contributed by atoms with van der Waals surface area (Å²) in [5, 5.41) is 0. The molecule has 0 N–H and O–H groups in total. The minimum absolute atomic E-state index is 1.01. The first-order valence-electron chi connectivity index (χ1n) is 5.92. The van der Waals surface area contributed by atoms with Gasteiger partial charge in [0.2, 0.25) is 0 Å². The van der Waals surface area contributed by atoms with Crippen molar-refractivity contribution in [1.82, 2.24) is 4.57 Å². The van der Waals surface area contributed by atoms with Crippen LogP contribution in [0.25, 0.3) is 0 Å². The van der Waals surface area contributed by atoms with E-state index in [1.165, 1.54) is 26.1 Å². The zero-order chi connectivity index (χ0) is 13.3. The van der Waals surface area contributed by atoms with E-state index in [1.54, 1.807) is 0 Å². The molecule has 0 atom stereocenters. The fourth-order valence-electron chi connectivity index (χ4n) is 1.87. The average molecular weight is 352 g/mol. The number of aryl methyl sites for hydroxylation is 2. The summed E-state index contributed by atoms with van der Waals surface area (Å²) in [6, 6.07) is 8.43. The van der Waals surface area contributed by atoms with Gasteiger partial charge < -0.3 is 4.57 Å². The number of halogens is 1. The molecule has 0 saturated carbocycles. The number of benzene rings is 1. The lowest BCUT2D eigenvalue weighted by molar-refractivity contribution is 0.843. The summed E-state index contributed by atoms with van der Waals surface area (Å²) in [5.74, 6) is 0. The van der Waals surface area contributed by atoms with Crippen LogP contribution in [-0.4, -0.2) is 10.8 Å². The monoisotopic (exact) mass is 352 g/mol. The summed E-state index contributed by atoms with van der Waals surface area (Å²) < 4.78 is 3.46. The minimum Gasteiger partial charge on any atom is -0.352 e. The summed E-state index contributed by atoms with van der Waals surface area (Å²) in [6.45, 7) is 6.34. The van der Waals surface area contributed by atoms with Crippen LogP contribution in [0.5, 0.6) is 0 Å². The summed E-state index contributed by atoms with van der Waals surface area (Å²) in [4.78, 5) is 4.55. The number of rotatable bonds is 2. The summed E-state index contributed by atoms with van der Waals surface area (Å²) in [7, 11) is 2.08. The lowest BCUT2D eigenvalue weighted by Crippen LogP contribution is -1.93. The van der Waals surface area contributed by atoms with Gasteiger partial charge in [0, 0.05) is 33.8 Å². The molecule has 0 spiro atoms. The predicted octanol–water partition coefficient (Wildman–Crippen LogP) is 4.31. The van der Waals surface area contributed by atoms with E-state index in [9.17, 15) is 0 Å². The Hall–Kier alpha value is -1.10. The largest absolute Gasteiger partial charge is 0.352 e. The van der Waals surface area contributed by atoms with Gasteiger partial charge in [-0.25, -0.2) is 0 Å². The molecular weight excluding hydrogens is 335 g/mol. The number of hydrogen-bond acceptors (Lipinski definition) is 1. The SMILES string of the molecule is Cc1cc(N=Cc2cc(C)n(C)c2C)ccc1I. The van der Waals surface area contributed by atoms with Crippen LogP contribution in [-0.2, 0) is 7.05 Å². The molecule has 2 rings (SSSR count). The van der Waals surface area contributed by atoms with Gasteiger partial charge >= 0.3 is 0 Å². The van der Waals surface area contributed by atoms with Crippen LogP contribution in [0.15, 0.2) is 29.3 Å². The van der Waals surface area contributed by atoms with Crippen molar-refractivity contribution in [2.75, 3.05) is 0 Å². The second-order valence-electron chi connectivity index (χ2n) is 4.58. The first-order chi connectivity index (χ1) is 8.49. The van der Waals surface area contributed by atoms with Crippen molar-refractivity contribution >= 4 is 34.5 Å². The highest BCUT2D eigenvalue weighted by atomic mass is 127. The van der Waals surface area contributed by atoms with E-state index in [1.807, 2.05) is 6.21 Å². The Labute approximate surface area is 122 Å². The third-order valence-electron chi connectivity index (χ3n) is 3.31. The fraction of sp³-hybridized carbons (Fsp3) is 0.267. The Morgan fingerprint density at radius 1 is 1.17 bits per heavy atom. The van der Waals surface area contributed by atoms with Crippen molar-refractivity contribution in [2.24, 2.45) is 12.0 Å². The molecule has 18 heavy (non-hydrogen) atoms. The molecule has 1 aromatic heterocycles. The van der Waals surface area contributed by atoms with Crippen molar-refractivity contribution < 1.29 is 0 Å². The Bertz CT molecular complexity index is 609. The van der Waals surface area contributed by atoms with Crippen LogP contribution < -0.4 is 0 Å². The average Bonchev–Trinajstić information content (AvgIpc) is 2.58. The zero-order valence-corrected chi connectivity index (χ0v) is 13.3. The van der Waals surface area contributed by atoms with E-state index in [4.69, 9.17) is 0 Å². The highest BCUT2D eigenvalue weighted by Gasteiger charge is 2.03. The van der Waals surface area contributed by atoms with Gasteiger partial charge in [-0.2, -0.15) is 0 Å². The van der Waals surface area contributed by atoms with E-state index in [-0.39, 0.29) is 0 Å². The lowest BCUT2D eigenvalue weighted by atomic mass is 10.2. The number of aliphatic imine (C=N–C) groups is 1. The zero-order valence-electron chi connectivity index (χ0n) is 11.2. The van der Waals surface area contributed by atoms with Crippen molar-refractivity contribution in [2.45, 2.75) is 20.8 Å². The maximum atomic E-state index is 4.55. The molecule has 0 amide bonds. The van der Waals surface area contributed by atoms with Gasteiger partial charge in [0.15, 0.2) is 0 Å². The van der Waals surface area contributed by atoms with E-state index in [0.717, 1.165) is 5.69 Å². The summed E-state index contributed by atoms with van der Waals surface area (Å²) in [6.07, 6.45) is 1.95. The van der Waals surface area contributed by atoms with Gasteiger partial charge in [-0.1, -0.05) is 0 Å². The Balaban J connectivity index is 2.30. The van der Waals surface area contributed by atoms with E-state index in [0.29, 0.717) is 0 Å². The van der Waals surface area contributed by atoms with Crippen LogP contribution in [0.1, 0.15) is 22.5 Å². The lowest BCUT2D eigenvalue weighted by Gasteiger charge is -2.00. The topological polar surface area (TPSA) is 17.3 Å². The molecule has 0 radical (unpaired) electrons. The Kier molecular flexibility index (Phi) is 3.90. The second-order valence-corrected chi connectivity index (χ2v) is 5.74. The molecule has 0 aliphatic rings. The molecule has 0 saturated heterocycles. The van der Waals surface area contributed by atoms with Gasteiger partial charge in [0.05, 0.1) is 5.69 Å². The van der Waals surface area contributed by atoms with Crippen LogP contribution >= 0.6 is 22.6 Å². The Morgan fingerprint density at radius 2 is 1.89 bits per heavy atom. The molecule has 0 fully saturated rings. The maximum Gasteiger partial charge on any atom is 0.0633 e. The van der Waals surface area contributed by atoms with Crippen molar-refractivity contribution in [3.05, 3.63) is 50.4 Å². The van der Waals surface area contributed by atoms with Crippen molar-refractivity contribution in [1.29, 1.82) is 0 Å². The standard InChI is InChI=1S/C15H17IN2/c1-10-7-14(5-6-15(10)16)17-9-13-8-11(2)18(4)12(13)3/h5-9H,1-4H3. The quantitative estimate of drug-likeness (QED) is 0.566. The molecule has 1 aromatic carbocycles. The Morgan fingerprint density at radius 3 is 2.44 bits per heavy atom. The normalized spacial score (nSPS) is 11.4. The van der Waals surface area contributed by atoms with Gasteiger partial charge in [0.25, 0.3) is 0 Å². The number of nitrogens with zero attached hydrogens (tertiary/aromatic N) is 2. The third kappa shape index (κ3) is 2.66. The van der Waals surface area contributed by atoms with Crippen molar-refractivity contribution in [3.63, 3.8) is 0 Å². The molecule has 2 nitrogen and oxygen atoms in total. The fourth-order valence-corrected chi connectivity index (χ4v) is 2.20. The van der Waals surface area contributed by atoms with E-state index >= 15 is 0 Å². The van der Waals surface area contributed by atoms with E-state index < -0.39 is 0 Å². The molecule has 0 aliphatic carbocycles. The minimum atomic E-state index is 1.01. The molecule has 94 valence electrons. The summed E-state index contributed by atoms with van der Waals surface area (Å²) >= 11 is 2.34. The van der Waals surface area contributed by atoms with Gasteiger partial charge in [-0.05, 0) is 73.2 Å². The van der Waals surface area contributed by atoms with Gasteiger partial charge in [-0.3, -0.25) is 4.99 Å². The number of hydrogen-bond donors (Lipinski definition) is 0. The smallest absolute Gasteiger partial charge is 0.0633 e. The third-order valence-corrected chi connectivity index (χ3v) is 4.52. The number of aromatic nitrogens is 1. The predicted molar refractivity (Wildman–Crippen MR) is 86.0 cm³/mol. The van der Waals surface area contributed by atoms with Crippen LogP contribution in [0.3, 0.4) is 0 Å². The molecule has 0 bridgehead atoms. The molecule has 0 unspecified atom stereocenters. The molecule has 0 aliphatic heterocycles. The van der Waals surface area contributed by atoms with E-state index in [2.05, 4.69) is 84.2 Å². The second kappa shape index (κ2) is 5.26. The highest BCUT2D eigenvalue weighted by Crippen LogP contribution is 2.19. The first-order valence-corrected chi connectivity index (χ1v) is 7.00. The molecule has 3 heteroatoms. The highest BCUT2D eigenvalue weighted by molar-refractivity contribution is 14.1. The summed E-state index contributed by atoms with van der Waals surface area (Å²) in [5.41, 5.74) is 5.97. The molecular formula is C15H17IN2. The maximum absolute atomic E-state index is 4.55. The van der Waals surface area contributed by atoms with Gasteiger partial charge in [-0.15, -0.1) is 0 Å². The van der Waals surface area contributed by atoms with Crippen LogP contribution in [0, 0.1) is 24.3 Å². The van der Waals surface area contributed by atoms with Crippen LogP contribution in [0.4, 0.5) is 5.69 Å². The van der Waals surface area contributed by atoms with Gasteiger partial charge in [0.1, 0.15) is 0 Å². The molecule has 2 aromatic rings.